The second-order valence-electron chi connectivity index (χ2n) is 18.5. The van der Waals surface area contributed by atoms with Gasteiger partial charge in [0.2, 0.25) is 0 Å². The first-order valence-corrected chi connectivity index (χ1v) is 25.9. The fourth-order valence-corrected chi connectivity index (χ4v) is 13.8. The molecule has 0 saturated carbocycles. The van der Waals surface area contributed by atoms with E-state index in [-0.39, 0.29) is 5.56 Å². The van der Waals surface area contributed by atoms with E-state index in [9.17, 15) is 0 Å². The Hall–Kier alpha value is -8.96. The number of alkyl halides is 3. The molecule has 15 aromatic rings. The van der Waals surface area contributed by atoms with Crippen molar-refractivity contribution in [3.63, 3.8) is 0 Å². The first kappa shape index (κ1) is 42.7. The second-order valence-corrected chi connectivity index (χ2v) is 20.6. The Morgan fingerprint density at radius 3 is 1.34 bits per heavy atom. The highest BCUT2D eigenvalue weighted by Crippen LogP contribution is 2.50. The molecule has 350 valence electrons. The van der Waals surface area contributed by atoms with Crippen molar-refractivity contribution in [3.8, 4) is 56.7 Å². The van der Waals surface area contributed by atoms with E-state index in [0.29, 0.717) is 40.0 Å². The van der Waals surface area contributed by atoms with Crippen LogP contribution in [0, 0.1) is 0 Å². The summed E-state index contributed by atoms with van der Waals surface area (Å²) in [6.45, 7) is 0. The normalized spacial score (nSPS) is 12.3. The summed E-state index contributed by atoms with van der Waals surface area (Å²) in [7, 11) is 0. The number of benzene rings is 10. The maximum Gasteiger partial charge on any atom is 0.417 e. The molecule has 0 atom stereocenters. The summed E-state index contributed by atoms with van der Waals surface area (Å²) in [5.41, 5.74) is 6.06. The predicted octanol–water partition coefficient (Wildman–Crippen LogP) is 18.5. The molecule has 0 N–H and O–H groups in total. The number of fused-ring (bicyclic) bond motifs is 14. The zero-order valence-electron chi connectivity index (χ0n) is 39.0. The van der Waals surface area contributed by atoms with E-state index in [0.717, 1.165) is 85.0 Å². The molecule has 0 spiro atoms. The lowest BCUT2D eigenvalue weighted by atomic mass is 9.93. The molecule has 15 rings (SSSR count). The average molecular weight is 996 g/mol. The van der Waals surface area contributed by atoms with Crippen LogP contribution in [0.2, 0.25) is 0 Å². The van der Waals surface area contributed by atoms with Crippen molar-refractivity contribution in [1.82, 2.24) is 24.1 Å². The number of aromatic nitrogens is 5. The highest BCUT2D eigenvalue weighted by Gasteiger charge is 2.37. The van der Waals surface area contributed by atoms with E-state index < -0.39 is 11.7 Å². The molecule has 10 heteroatoms. The topological polar surface area (TPSA) is 48.5 Å². The summed E-state index contributed by atoms with van der Waals surface area (Å²) < 4.78 is 58.0. The van der Waals surface area contributed by atoms with Crippen molar-refractivity contribution in [1.29, 1.82) is 0 Å². The zero-order chi connectivity index (χ0) is 49.2. The van der Waals surface area contributed by atoms with Crippen LogP contribution in [0.1, 0.15) is 5.56 Å². The quantitative estimate of drug-likeness (QED) is 0.167. The first-order valence-electron chi connectivity index (χ1n) is 24.3. The van der Waals surface area contributed by atoms with Gasteiger partial charge in [-0.2, -0.15) is 13.2 Å². The Kier molecular flexibility index (Phi) is 9.39. The van der Waals surface area contributed by atoms with Crippen LogP contribution < -0.4 is 0 Å². The number of thiophene rings is 2. The number of nitrogens with zero attached hydrogens (tertiary/aromatic N) is 5. The van der Waals surface area contributed by atoms with Gasteiger partial charge < -0.3 is 9.13 Å². The lowest BCUT2D eigenvalue weighted by Crippen LogP contribution is -2.11. The molecule has 0 bridgehead atoms. The van der Waals surface area contributed by atoms with Gasteiger partial charge in [-0.1, -0.05) is 152 Å². The van der Waals surface area contributed by atoms with E-state index in [1.165, 1.54) is 22.2 Å². The van der Waals surface area contributed by atoms with Crippen molar-refractivity contribution in [3.05, 3.63) is 224 Å². The third-order valence-corrected chi connectivity index (χ3v) is 16.8. The molecule has 0 amide bonds. The van der Waals surface area contributed by atoms with E-state index in [4.69, 9.17) is 15.0 Å². The Bertz CT molecular complexity index is 4720. The van der Waals surface area contributed by atoms with Gasteiger partial charge in [0.05, 0.1) is 39.0 Å². The standard InChI is InChI=1S/C64H36F3N5S2/c65-64(66,67)47-24-15-27-51(72-49-26-12-8-23-45(49)58-53(72)35-32-43-41-21-10-14-29-55(41)74-60(43)58)56(47)46-36-39(63-69-61(37-16-3-1-4-17-37)68-62(70-63)38-18-5-2-6-19-38)30-33-50(46)71-48-25-11-7-22-44(48)57-52(71)34-31-42-40-20-9-13-28-54(40)73-59(42)57/h1-36H. The third-order valence-electron chi connectivity index (χ3n) is 14.4. The third kappa shape index (κ3) is 6.44. The van der Waals surface area contributed by atoms with E-state index in [2.05, 4.69) is 83.4 Å². The summed E-state index contributed by atoms with van der Waals surface area (Å²) in [5.74, 6) is 1.22. The molecule has 10 aromatic carbocycles. The molecule has 0 aliphatic carbocycles. The highest BCUT2D eigenvalue weighted by molar-refractivity contribution is 7.27. The fourth-order valence-electron chi connectivity index (χ4n) is 11.2. The van der Waals surface area contributed by atoms with Gasteiger partial charge in [-0.15, -0.1) is 22.7 Å². The van der Waals surface area contributed by atoms with Gasteiger partial charge in [0.1, 0.15) is 0 Å². The van der Waals surface area contributed by atoms with Crippen LogP contribution >= 0.6 is 22.7 Å². The van der Waals surface area contributed by atoms with Crippen molar-refractivity contribution in [2.24, 2.45) is 0 Å². The minimum atomic E-state index is -4.77. The van der Waals surface area contributed by atoms with Gasteiger partial charge in [-0.3, -0.25) is 0 Å². The summed E-state index contributed by atoms with van der Waals surface area (Å²) in [4.78, 5) is 15.2. The van der Waals surface area contributed by atoms with Gasteiger partial charge in [-0.25, -0.2) is 15.0 Å². The van der Waals surface area contributed by atoms with Gasteiger partial charge in [-0.05, 0) is 66.7 Å². The van der Waals surface area contributed by atoms with Crippen LogP contribution in [-0.2, 0) is 6.18 Å². The van der Waals surface area contributed by atoms with Crippen LogP contribution in [0.15, 0.2) is 218 Å². The predicted molar refractivity (Wildman–Crippen MR) is 301 cm³/mol. The smallest absolute Gasteiger partial charge is 0.309 e. The Morgan fingerprint density at radius 1 is 0.351 bits per heavy atom. The van der Waals surface area contributed by atoms with E-state index in [1.54, 1.807) is 22.7 Å². The molecular formula is C64H36F3N5S2. The summed E-state index contributed by atoms with van der Waals surface area (Å²) in [6, 6.07) is 71.2. The largest absolute Gasteiger partial charge is 0.417 e. The molecule has 0 radical (unpaired) electrons. The summed E-state index contributed by atoms with van der Waals surface area (Å²) in [5, 5.41) is 8.58. The average Bonchev–Trinajstić information content (AvgIpc) is 4.28. The second kappa shape index (κ2) is 16.3. The number of halogens is 3. The molecule has 5 aromatic heterocycles. The van der Waals surface area contributed by atoms with Crippen LogP contribution in [0.5, 0.6) is 0 Å². The molecule has 0 aliphatic heterocycles. The lowest BCUT2D eigenvalue weighted by Gasteiger charge is -2.23. The Morgan fingerprint density at radius 2 is 0.811 bits per heavy atom. The van der Waals surface area contributed by atoms with Gasteiger partial charge in [0.25, 0.3) is 0 Å². The van der Waals surface area contributed by atoms with Crippen molar-refractivity contribution in [2.45, 2.75) is 6.18 Å². The maximum atomic E-state index is 16.4. The number of hydrogen-bond acceptors (Lipinski definition) is 5. The van der Waals surface area contributed by atoms with E-state index >= 15 is 13.2 Å². The number of hydrogen-bond donors (Lipinski definition) is 0. The Balaban J connectivity index is 1.08. The summed E-state index contributed by atoms with van der Waals surface area (Å²) >= 11 is 3.45. The van der Waals surface area contributed by atoms with E-state index in [1.807, 2.05) is 132 Å². The van der Waals surface area contributed by atoms with Crippen molar-refractivity contribution in [2.75, 3.05) is 0 Å². The molecule has 0 aliphatic rings. The van der Waals surface area contributed by atoms with Crippen molar-refractivity contribution >= 4 is 107 Å². The molecule has 0 fully saturated rings. The molecule has 0 saturated heterocycles. The molecular weight excluding hydrogens is 960 g/mol. The van der Waals surface area contributed by atoms with Gasteiger partial charge in [0.15, 0.2) is 17.5 Å². The number of rotatable bonds is 6. The lowest BCUT2D eigenvalue weighted by molar-refractivity contribution is -0.137. The molecule has 5 nitrogen and oxygen atoms in total. The summed E-state index contributed by atoms with van der Waals surface area (Å²) in [6.07, 6.45) is -4.77. The monoisotopic (exact) mass is 995 g/mol. The van der Waals surface area contributed by atoms with Crippen LogP contribution in [-0.4, -0.2) is 24.1 Å². The fraction of sp³-hybridized carbons (Fsp3) is 0.0156. The number of para-hydroxylation sites is 2. The zero-order valence-corrected chi connectivity index (χ0v) is 40.6. The molecule has 5 heterocycles. The highest BCUT2D eigenvalue weighted by atomic mass is 32.1. The van der Waals surface area contributed by atoms with Crippen LogP contribution in [0.3, 0.4) is 0 Å². The van der Waals surface area contributed by atoms with Gasteiger partial charge >= 0.3 is 6.18 Å². The van der Waals surface area contributed by atoms with Crippen LogP contribution in [0.25, 0.3) is 141 Å². The Labute approximate surface area is 428 Å². The van der Waals surface area contributed by atoms with Crippen LogP contribution in [0.4, 0.5) is 13.2 Å². The minimum absolute atomic E-state index is 0.0328. The van der Waals surface area contributed by atoms with Crippen molar-refractivity contribution < 1.29 is 13.2 Å². The first-order chi connectivity index (χ1) is 36.4. The molecule has 74 heavy (non-hydrogen) atoms. The minimum Gasteiger partial charge on any atom is -0.309 e. The van der Waals surface area contributed by atoms with Gasteiger partial charge in [0, 0.05) is 89.7 Å². The molecule has 0 unspecified atom stereocenters. The SMILES string of the molecule is FC(F)(F)c1cccc(-n2c3ccccc3c3c4sc5ccccc5c4ccc32)c1-c1cc(-c2nc(-c3ccccc3)nc(-c3ccccc3)n2)ccc1-n1c2ccccc2c2c3sc4ccccc4c3ccc21. The maximum absolute atomic E-state index is 16.4.